The van der Waals surface area contributed by atoms with Crippen molar-refractivity contribution in [2.45, 2.75) is 19.1 Å². The van der Waals surface area contributed by atoms with Crippen molar-refractivity contribution < 1.29 is 28.2 Å². The van der Waals surface area contributed by atoms with Gasteiger partial charge in [0.15, 0.2) is 6.61 Å². The fraction of sp³-hybridized carbons (Fsp3) is 0.120. The number of hydrogen-bond acceptors (Lipinski definition) is 4. The summed E-state index contributed by atoms with van der Waals surface area (Å²) in [6, 6.07) is 19.0. The van der Waals surface area contributed by atoms with Gasteiger partial charge >= 0.3 is 12.1 Å². The van der Waals surface area contributed by atoms with Gasteiger partial charge < -0.3 is 19.6 Å². The second kappa shape index (κ2) is 9.75. The summed E-state index contributed by atoms with van der Waals surface area (Å²) >= 11 is 6.28. The molecule has 1 aromatic heterocycles. The number of benzene rings is 3. The molecule has 2 N–H and O–H groups in total. The molecule has 0 saturated heterocycles. The Bertz CT molecular complexity index is 1300. The number of furan rings is 1. The van der Waals surface area contributed by atoms with Crippen LogP contribution in [0.4, 0.5) is 9.18 Å². The fourth-order valence-electron chi connectivity index (χ4n) is 3.41. The number of carboxylic acid groups (broad SMARTS) is 1. The molecule has 0 aliphatic carbocycles. The highest BCUT2D eigenvalue weighted by atomic mass is 35.5. The third-order valence-electron chi connectivity index (χ3n) is 5.04. The number of halogens is 2. The zero-order chi connectivity index (χ0) is 23.4. The van der Waals surface area contributed by atoms with Crippen molar-refractivity contribution in [3.63, 3.8) is 0 Å². The van der Waals surface area contributed by atoms with Crippen molar-refractivity contribution in [2.75, 3.05) is 0 Å². The number of nitrogens with one attached hydrogen (secondary N) is 1. The summed E-state index contributed by atoms with van der Waals surface area (Å²) in [6.07, 6.45) is -0.915. The lowest BCUT2D eigenvalue weighted by Crippen LogP contribution is -2.42. The number of rotatable bonds is 7. The van der Waals surface area contributed by atoms with Crippen molar-refractivity contribution in [2.24, 2.45) is 0 Å². The number of aliphatic carboxylic acids is 1. The Kier molecular flexibility index (Phi) is 6.60. The summed E-state index contributed by atoms with van der Waals surface area (Å²) in [7, 11) is 0. The second-order valence-corrected chi connectivity index (χ2v) is 7.79. The normalized spacial score (nSPS) is 11.8. The first-order chi connectivity index (χ1) is 15.9. The lowest BCUT2D eigenvalue weighted by Gasteiger charge is -2.14. The van der Waals surface area contributed by atoms with Gasteiger partial charge in [-0.05, 0) is 47.5 Å². The van der Waals surface area contributed by atoms with Crippen LogP contribution in [-0.2, 0) is 22.6 Å². The number of alkyl carbamates (subject to hydrolysis) is 1. The molecule has 1 heterocycles. The highest BCUT2D eigenvalue weighted by molar-refractivity contribution is 6.33. The van der Waals surface area contributed by atoms with E-state index in [9.17, 15) is 19.1 Å². The Morgan fingerprint density at radius 2 is 1.82 bits per heavy atom. The van der Waals surface area contributed by atoms with Gasteiger partial charge in [-0.2, -0.15) is 0 Å². The summed E-state index contributed by atoms with van der Waals surface area (Å²) in [4.78, 5) is 23.7. The lowest BCUT2D eigenvalue weighted by atomic mass is 10.0. The van der Waals surface area contributed by atoms with E-state index in [1.54, 1.807) is 12.1 Å². The van der Waals surface area contributed by atoms with Crippen LogP contribution in [0.5, 0.6) is 0 Å². The van der Waals surface area contributed by atoms with E-state index in [4.69, 9.17) is 20.8 Å². The Morgan fingerprint density at radius 3 is 2.55 bits per heavy atom. The Morgan fingerprint density at radius 1 is 1.06 bits per heavy atom. The van der Waals surface area contributed by atoms with E-state index in [2.05, 4.69) is 5.32 Å². The van der Waals surface area contributed by atoms with Crippen LogP contribution >= 0.6 is 11.6 Å². The van der Waals surface area contributed by atoms with Crippen LogP contribution in [0.25, 0.3) is 22.1 Å². The molecule has 0 saturated carbocycles. The van der Waals surface area contributed by atoms with Gasteiger partial charge in [-0.25, -0.2) is 14.0 Å². The number of carbonyl (C=O) groups is 2. The Labute approximate surface area is 193 Å². The molecule has 0 spiro atoms. The van der Waals surface area contributed by atoms with E-state index in [0.717, 1.165) is 16.5 Å². The number of amides is 1. The van der Waals surface area contributed by atoms with Gasteiger partial charge in [-0.3, -0.25) is 0 Å². The molecule has 8 heteroatoms. The number of carboxylic acids is 1. The van der Waals surface area contributed by atoms with Gasteiger partial charge in [0, 0.05) is 22.4 Å². The molecule has 0 fully saturated rings. The molecule has 0 aliphatic rings. The number of fused-ring (bicyclic) bond motifs is 1. The molecule has 0 radical (unpaired) electrons. The average Bonchev–Trinajstić information content (AvgIpc) is 3.21. The molecule has 0 unspecified atom stereocenters. The average molecular weight is 468 g/mol. The third kappa shape index (κ3) is 5.51. The Hall–Kier alpha value is -3.84. The van der Waals surface area contributed by atoms with E-state index in [1.807, 2.05) is 36.4 Å². The molecular formula is C25H19ClFNO5. The molecular weight excluding hydrogens is 449 g/mol. The standard InChI is InChI=1S/C25H19ClFNO5/c26-21-4-2-1-3-20(21)16-7-10-23-17(12-16)13-19(33-23)14-32-25(31)28-22(24(29)30)11-15-5-8-18(27)9-6-15/h1-10,12-13,22H,11,14H2,(H,28,31)(H,29,30)/t22-/m1/s1. The molecule has 0 bridgehead atoms. The zero-order valence-corrected chi connectivity index (χ0v) is 18.0. The summed E-state index contributed by atoms with van der Waals surface area (Å²) in [5.74, 6) is -1.25. The van der Waals surface area contributed by atoms with Crippen molar-refractivity contribution in [1.82, 2.24) is 5.32 Å². The van der Waals surface area contributed by atoms with Gasteiger partial charge in [0.05, 0.1) is 0 Å². The van der Waals surface area contributed by atoms with Crippen molar-refractivity contribution in [1.29, 1.82) is 0 Å². The molecule has 33 heavy (non-hydrogen) atoms. The summed E-state index contributed by atoms with van der Waals surface area (Å²) in [5.41, 5.74) is 2.99. The highest BCUT2D eigenvalue weighted by Crippen LogP contribution is 2.31. The van der Waals surface area contributed by atoms with Crippen LogP contribution < -0.4 is 5.32 Å². The summed E-state index contributed by atoms with van der Waals surface area (Å²) in [5, 5.41) is 13.1. The van der Waals surface area contributed by atoms with Crippen LogP contribution in [0.3, 0.4) is 0 Å². The van der Waals surface area contributed by atoms with E-state index in [1.165, 1.54) is 24.3 Å². The monoisotopic (exact) mass is 467 g/mol. The number of ether oxygens (including phenoxy) is 1. The minimum absolute atomic E-state index is 0.0137. The van der Waals surface area contributed by atoms with Gasteiger partial charge in [-0.1, -0.05) is 48.0 Å². The quantitative estimate of drug-likeness (QED) is 0.358. The maximum Gasteiger partial charge on any atom is 0.408 e. The van der Waals surface area contributed by atoms with Gasteiger partial charge in [0.1, 0.15) is 23.2 Å². The first-order valence-electron chi connectivity index (χ1n) is 10.1. The van der Waals surface area contributed by atoms with E-state index in [-0.39, 0.29) is 13.0 Å². The first-order valence-corrected chi connectivity index (χ1v) is 10.4. The van der Waals surface area contributed by atoms with Gasteiger partial charge in [-0.15, -0.1) is 0 Å². The minimum Gasteiger partial charge on any atom is -0.480 e. The molecule has 6 nitrogen and oxygen atoms in total. The van der Waals surface area contributed by atoms with Crippen molar-refractivity contribution >= 4 is 34.6 Å². The largest absolute Gasteiger partial charge is 0.480 e. The maximum absolute atomic E-state index is 13.0. The number of carbonyl (C=O) groups excluding carboxylic acids is 1. The minimum atomic E-state index is -1.23. The number of hydrogen-bond donors (Lipinski definition) is 2. The van der Waals surface area contributed by atoms with Crippen LogP contribution in [-0.4, -0.2) is 23.2 Å². The van der Waals surface area contributed by atoms with Gasteiger partial charge in [0.2, 0.25) is 0 Å². The SMILES string of the molecule is O=C(N[C@H](Cc1ccc(F)cc1)C(=O)O)OCc1cc2cc(-c3ccccc3Cl)ccc2o1. The van der Waals surface area contributed by atoms with Crippen LogP contribution in [0.1, 0.15) is 11.3 Å². The van der Waals surface area contributed by atoms with E-state index >= 15 is 0 Å². The lowest BCUT2D eigenvalue weighted by molar-refractivity contribution is -0.139. The predicted octanol–water partition coefficient (Wildman–Crippen LogP) is 5.81. The summed E-state index contributed by atoms with van der Waals surface area (Å²) in [6.45, 7) is -0.176. The third-order valence-corrected chi connectivity index (χ3v) is 5.37. The zero-order valence-electron chi connectivity index (χ0n) is 17.3. The topological polar surface area (TPSA) is 88.8 Å². The fourth-order valence-corrected chi connectivity index (χ4v) is 3.65. The molecule has 1 amide bonds. The van der Waals surface area contributed by atoms with E-state index in [0.29, 0.717) is 21.9 Å². The molecule has 0 aliphatic heterocycles. The van der Waals surface area contributed by atoms with Crippen LogP contribution in [0, 0.1) is 5.82 Å². The van der Waals surface area contributed by atoms with E-state index < -0.39 is 23.9 Å². The van der Waals surface area contributed by atoms with Crippen molar-refractivity contribution in [3.8, 4) is 11.1 Å². The molecule has 3 aromatic carbocycles. The highest BCUT2D eigenvalue weighted by Gasteiger charge is 2.21. The van der Waals surface area contributed by atoms with Gasteiger partial charge in [0.25, 0.3) is 0 Å². The Balaban J connectivity index is 1.39. The summed E-state index contributed by atoms with van der Waals surface area (Å²) < 4.78 is 23.9. The maximum atomic E-state index is 13.0. The van der Waals surface area contributed by atoms with Crippen LogP contribution in [0.15, 0.2) is 77.2 Å². The molecule has 4 aromatic rings. The van der Waals surface area contributed by atoms with Crippen molar-refractivity contribution in [3.05, 3.63) is 95.0 Å². The molecule has 1 atom stereocenters. The second-order valence-electron chi connectivity index (χ2n) is 7.39. The molecule has 168 valence electrons. The predicted molar refractivity (Wildman–Crippen MR) is 122 cm³/mol. The van der Waals surface area contributed by atoms with Crippen LogP contribution in [0.2, 0.25) is 5.02 Å². The first kappa shape index (κ1) is 22.4. The molecule has 4 rings (SSSR count). The smallest absolute Gasteiger partial charge is 0.408 e.